The summed E-state index contributed by atoms with van der Waals surface area (Å²) in [4.78, 5) is 0. The van der Waals surface area contributed by atoms with Crippen LogP contribution < -0.4 is 4.74 Å². The van der Waals surface area contributed by atoms with Crippen molar-refractivity contribution in [1.29, 1.82) is 0 Å². The zero-order valence-corrected chi connectivity index (χ0v) is 10.8. The van der Waals surface area contributed by atoms with Crippen LogP contribution in [0.1, 0.15) is 12.5 Å². The topological polar surface area (TPSA) is 9.23 Å². The number of benzene rings is 2. The molecule has 19 heavy (non-hydrogen) atoms. The van der Waals surface area contributed by atoms with Crippen molar-refractivity contribution in [3.8, 4) is 16.9 Å². The molecule has 0 fully saturated rings. The third kappa shape index (κ3) is 2.65. The molecule has 0 aliphatic carbocycles. The molecule has 0 atom stereocenters. The molecular weight excluding hydrogens is 246 g/mol. The molecule has 0 aliphatic heterocycles. The zero-order chi connectivity index (χ0) is 13.8. The lowest BCUT2D eigenvalue weighted by Crippen LogP contribution is -1.94. The smallest absolute Gasteiger partial charge is 0.201 e. The van der Waals surface area contributed by atoms with Crippen molar-refractivity contribution in [2.75, 3.05) is 7.11 Å². The molecule has 1 nitrogen and oxygen atoms in total. The Morgan fingerprint density at radius 3 is 2.21 bits per heavy atom. The van der Waals surface area contributed by atoms with Crippen molar-refractivity contribution in [2.45, 2.75) is 6.92 Å². The number of hydrogen-bond donors (Lipinski definition) is 0. The average molecular weight is 260 g/mol. The Hall–Kier alpha value is -2.16. The number of hydrogen-bond acceptors (Lipinski definition) is 1. The lowest BCUT2D eigenvalue weighted by atomic mass is 10.0. The predicted molar refractivity (Wildman–Crippen MR) is 73.1 cm³/mol. The van der Waals surface area contributed by atoms with Gasteiger partial charge in [-0.2, -0.15) is 4.39 Å². The van der Waals surface area contributed by atoms with Crippen LogP contribution in [0.4, 0.5) is 8.78 Å². The van der Waals surface area contributed by atoms with Crippen molar-refractivity contribution in [1.82, 2.24) is 0 Å². The van der Waals surface area contributed by atoms with E-state index in [0.29, 0.717) is 5.56 Å². The van der Waals surface area contributed by atoms with Gasteiger partial charge in [0.25, 0.3) is 0 Å². The van der Waals surface area contributed by atoms with E-state index in [2.05, 4.69) is 0 Å². The van der Waals surface area contributed by atoms with E-state index in [4.69, 9.17) is 4.74 Å². The number of methoxy groups -OCH3 is 1. The average Bonchev–Trinajstić information content (AvgIpc) is 2.43. The maximum Gasteiger partial charge on any atom is 0.201 e. The molecule has 98 valence electrons. The molecule has 0 saturated heterocycles. The normalized spacial score (nSPS) is 10.9. The lowest BCUT2D eigenvalue weighted by molar-refractivity contribution is 0.372. The Bertz CT molecular complexity index is 601. The van der Waals surface area contributed by atoms with Crippen LogP contribution in [-0.4, -0.2) is 7.11 Å². The minimum atomic E-state index is -0.961. The molecule has 2 aromatic rings. The van der Waals surface area contributed by atoms with Crippen LogP contribution in [0.15, 0.2) is 42.5 Å². The molecule has 0 heterocycles. The summed E-state index contributed by atoms with van der Waals surface area (Å²) >= 11 is 0. The molecule has 0 bridgehead atoms. The van der Waals surface area contributed by atoms with Gasteiger partial charge in [0.05, 0.1) is 7.11 Å². The van der Waals surface area contributed by atoms with Gasteiger partial charge in [-0.25, -0.2) is 4.39 Å². The molecule has 0 saturated carbocycles. The first-order chi connectivity index (χ1) is 9.17. The third-order valence-corrected chi connectivity index (χ3v) is 2.85. The number of rotatable bonds is 3. The van der Waals surface area contributed by atoms with Gasteiger partial charge >= 0.3 is 0 Å². The quantitative estimate of drug-likeness (QED) is 0.779. The van der Waals surface area contributed by atoms with Gasteiger partial charge in [-0.05, 0) is 30.2 Å². The Kier molecular flexibility index (Phi) is 3.95. The molecule has 3 heteroatoms. The van der Waals surface area contributed by atoms with Crippen LogP contribution in [0.25, 0.3) is 17.2 Å². The summed E-state index contributed by atoms with van der Waals surface area (Å²) in [7, 11) is 1.31. The summed E-state index contributed by atoms with van der Waals surface area (Å²) in [6, 6.07) is 10.2. The van der Waals surface area contributed by atoms with E-state index in [9.17, 15) is 8.78 Å². The van der Waals surface area contributed by atoms with Gasteiger partial charge in [-0.15, -0.1) is 0 Å². The molecule has 0 spiro atoms. The molecular formula is C16H14F2O. The Morgan fingerprint density at radius 1 is 0.947 bits per heavy atom. The van der Waals surface area contributed by atoms with E-state index in [1.165, 1.54) is 19.2 Å². The van der Waals surface area contributed by atoms with Gasteiger partial charge in [0.2, 0.25) is 5.82 Å². The Labute approximate surface area is 111 Å². The minimum absolute atomic E-state index is 0.0909. The lowest BCUT2D eigenvalue weighted by Gasteiger charge is -2.08. The van der Waals surface area contributed by atoms with E-state index in [1.807, 2.05) is 31.2 Å². The summed E-state index contributed by atoms with van der Waals surface area (Å²) < 4.78 is 32.3. The molecule has 0 aliphatic rings. The second kappa shape index (κ2) is 5.65. The van der Waals surface area contributed by atoms with Crippen molar-refractivity contribution >= 4 is 6.08 Å². The summed E-state index contributed by atoms with van der Waals surface area (Å²) in [5.41, 5.74) is 1.87. The summed E-state index contributed by atoms with van der Waals surface area (Å²) in [6.45, 7) is 1.92. The minimum Gasteiger partial charge on any atom is -0.494 e. The van der Waals surface area contributed by atoms with Crippen molar-refractivity contribution in [2.24, 2.45) is 0 Å². The molecule has 2 rings (SSSR count). The van der Waals surface area contributed by atoms with Crippen LogP contribution in [0, 0.1) is 11.6 Å². The molecule has 0 amide bonds. The highest BCUT2D eigenvalue weighted by atomic mass is 19.2. The largest absolute Gasteiger partial charge is 0.494 e. The molecule has 0 radical (unpaired) electrons. The van der Waals surface area contributed by atoms with Gasteiger partial charge in [0.15, 0.2) is 11.6 Å². The standard InChI is InChI=1S/C16H14F2O/c1-3-4-11-5-7-12(8-6-11)13-9-10-14(19-2)16(18)15(13)17/h3-10H,1-2H3/b4-3+. The zero-order valence-electron chi connectivity index (χ0n) is 10.8. The van der Waals surface area contributed by atoms with Gasteiger partial charge in [0.1, 0.15) is 0 Å². The first-order valence-corrected chi connectivity index (χ1v) is 5.92. The van der Waals surface area contributed by atoms with Crippen LogP contribution >= 0.6 is 0 Å². The monoisotopic (exact) mass is 260 g/mol. The molecule has 0 N–H and O–H groups in total. The number of ether oxygens (including phenoxy) is 1. The maximum atomic E-state index is 13.9. The van der Waals surface area contributed by atoms with E-state index in [1.54, 1.807) is 12.1 Å². The van der Waals surface area contributed by atoms with Gasteiger partial charge in [-0.1, -0.05) is 36.4 Å². The van der Waals surface area contributed by atoms with Crippen LogP contribution in [-0.2, 0) is 0 Å². The fourth-order valence-electron chi connectivity index (χ4n) is 1.88. The predicted octanol–water partition coefficient (Wildman–Crippen LogP) is 4.67. The van der Waals surface area contributed by atoms with Crippen molar-refractivity contribution in [3.63, 3.8) is 0 Å². The summed E-state index contributed by atoms with van der Waals surface area (Å²) in [6.07, 6.45) is 3.86. The first kappa shape index (κ1) is 13.3. The van der Waals surface area contributed by atoms with Gasteiger partial charge in [0, 0.05) is 5.56 Å². The van der Waals surface area contributed by atoms with Crippen LogP contribution in [0.2, 0.25) is 0 Å². The van der Waals surface area contributed by atoms with E-state index >= 15 is 0 Å². The Balaban J connectivity index is 2.44. The summed E-state index contributed by atoms with van der Waals surface area (Å²) in [5.74, 6) is -1.94. The fraction of sp³-hybridized carbons (Fsp3) is 0.125. The van der Waals surface area contributed by atoms with Gasteiger partial charge in [-0.3, -0.25) is 0 Å². The Morgan fingerprint density at radius 2 is 1.63 bits per heavy atom. The van der Waals surface area contributed by atoms with Crippen LogP contribution in [0.5, 0.6) is 5.75 Å². The fourth-order valence-corrected chi connectivity index (χ4v) is 1.88. The van der Waals surface area contributed by atoms with Crippen molar-refractivity contribution in [3.05, 3.63) is 59.7 Å². The second-order valence-corrected chi connectivity index (χ2v) is 4.07. The van der Waals surface area contributed by atoms with E-state index < -0.39 is 11.6 Å². The first-order valence-electron chi connectivity index (χ1n) is 5.92. The highest BCUT2D eigenvalue weighted by Crippen LogP contribution is 2.29. The van der Waals surface area contributed by atoms with Crippen LogP contribution in [0.3, 0.4) is 0 Å². The maximum absolute atomic E-state index is 13.9. The molecule has 0 unspecified atom stereocenters. The van der Waals surface area contributed by atoms with Crippen molar-refractivity contribution < 1.29 is 13.5 Å². The second-order valence-electron chi connectivity index (χ2n) is 4.07. The highest BCUT2D eigenvalue weighted by molar-refractivity contribution is 5.67. The van der Waals surface area contributed by atoms with E-state index in [-0.39, 0.29) is 11.3 Å². The van der Waals surface area contributed by atoms with E-state index in [0.717, 1.165) is 5.56 Å². The number of allylic oxidation sites excluding steroid dienone is 1. The SMILES string of the molecule is C/C=C/c1ccc(-c2ccc(OC)c(F)c2F)cc1. The van der Waals surface area contributed by atoms with Gasteiger partial charge < -0.3 is 4.74 Å². The molecule has 0 aromatic heterocycles. The summed E-state index contributed by atoms with van der Waals surface area (Å²) in [5, 5.41) is 0. The number of halogens is 2. The third-order valence-electron chi connectivity index (χ3n) is 2.85. The molecule has 2 aromatic carbocycles. The highest BCUT2D eigenvalue weighted by Gasteiger charge is 2.14.